The molecule has 0 unspecified atom stereocenters. The molecular formula is C8H6IN5O3. The van der Waals surface area contributed by atoms with Crippen LogP contribution in [-0.2, 0) is 0 Å². The minimum absolute atomic E-state index is 0.0924. The number of nitrogens with one attached hydrogen (secondary N) is 1. The number of furan rings is 1. The standard InChI is InChI=1S/C8H6IN5O3/c9-5-2-1-4(16-5)3-11-12-8(15)6-7(10)14-17-13-6/h1-3H,(H2,10,14)(H,12,15). The smallest absolute Gasteiger partial charge is 0.297 e. The van der Waals surface area contributed by atoms with Crippen LogP contribution in [0, 0.1) is 3.77 Å². The first-order chi connectivity index (χ1) is 8.16. The van der Waals surface area contributed by atoms with Gasteiger partial charge in [-0.25, -0.2) is 10.1 Å². The van der Waals surface area contributed by atoms with Gasteiger partial charge in [-0.15, -0.1) is 0 Å². The summed E-state index contributed by atoms with van der Waals surface area (Å²) >= 11 is 2.02. The first kappa shape index (κ1) is 11.6. The highest BCUT2D eigenvalue weighted by Crippen LogP contribution is 2.07. The van der Waals surface area contributed by atoms with E-state index in [2.05, 4.69) is 25.5 Å². The molecule has 17 heavy (non-hydrogen) atoms. The third kappa shape index (κ3) is 2.81. The Bertz CT molecular complexity index is 561. The van der Waals surface area contributed by atoms with E-state index < -0.39 is 5.91 Å². The topological polar surface area (TPSA) is 120 Å². The molecule has 0 aliphatic carbocycles. The predicted molar refractivity (Wildman–Crippen MR) is 65.2 cm³/mol. The largest absolute Gasteiger partial charge is 0.449 e. The first-order valence-electron chi connectivity index (χ1n) is 4.33. The molecule has 2 aromatic heterocycles. The third-order valence-electron chi connectivity index (χ3n) is 1.68. The monoisotopic (exact) mass is 347 g/mol. The van der Waals surface area contributed by atoms with Crippen molar-refractivity contribution >= 4 is 40.5 Å². The molecule has 0 saturated heterocycles. The van der Waals surface area contributed by atoms with Gasteiger partial charge in [-0.2, -0.15) is 5.10 Å². The second-order valence-electron chi connectivity index (χ2n) is 2.84. The zero-order valence-corrected chi connectivity index (χ0v) is 10.4. The Hall–Kier alpha value is -1.91. The van der Waals surface area contributed by atoms with Gasteiger partial charge in [0.1, 0.15) is 5.76 Å². The van der Waals surface area contributed by atoms with Gasteiger partial charge in [-0.3, -0.25) is 4.79 Å². The summed E-state index contributed by atoms with van der Waals surface area (Å²) in [4.78, 5) is 11.4. The Morgan fingerprint density at radius 2 is 2.35 bits per heavy atom. The van der Waals surface area contributed by atoms with E-state index in [1.807, 2.05) is 22.6 Å². The zero-order chi connectivity index (χ0) is 12.3. The fraction of sp³-hybridized carbons (Fsp3) is 0. The van der Waals surface area contributed by atoms with Crippen LogP contribution < -0.4 is 11.2 Å². The van der Waals surface area contributed by atoms with Gasteiger partial charge >= 0.3 is 0 Å². The van der Waals surface area contributed by atoms with Crippen LogP contribution in [0.25, 0.3) is 0 Å². The van der Waals surface area contributed by atoms with Crippen LogP contribution in [0.1, 0.15) is 16.2 Å². The summed E-state index contributed by atoms with van der Waals surface area (Å²) in [5.74, 6) is -0.188. The molecule has 88 valence electrons. The van der Waals surface area contributed by atoms with Crippen molar-refractivity contribution in [1.29, 1.82) is 0 Å². The number of hydrogen-bond acceptors (Lipinski definition) is 7. The van der Waals surface area contributed by atoms with Crippen molar-refractivity contribution in [2.45, 2.75) is 0 Å². The van der Waals surface area contributed by atoms with Gasteiger partial charge in [0, 0.05) is 0 Å². The molecule has 1 amide bonds. The molecular weight excluding hydrogens is 341 g/mol. The second kappa shape index (κ2) is 4.95. The van der Waals surface area contributed by atoms with Gasteiger partial charge in [-0.05, 0) is 45.0 Å². The molecule has 0 fully saturated rings. The van der Waals surface area contributed by atoms with Crippen molar-refractivity contribution in [3.05, 3.63) is 27.4 Å². The number of aromatic nitrogens is 2. The van der Waals surface area contributed by atoms with Gasteiger partial charge in [-0.1, -0.05) is 0 Å². The molecule has 2 rings (SSSR count). The summed E-state index contributed by atoms with van der Waals surface area (Å²) in [6.45, 7) is 0. The van der Waals surface area contributed by atoms with Gasteiger partial charge < -0.3 is 10.2 Å². The minimum Gasteiger partial charge on any atom is -0.449 e. The number of amides is 1. The molecule has 0 aliphatic heterocycles. The average molecular weight is 347 g/mol. The molecule has 9 heteroatoms. The highest BCUT2D eigenvalue weighted by Gasteiger charge is 2.14. The van der Waals surface area contributed by atoms with E-state index in [9.17, 15) is 4.79 Å². The number of nitrogen functional groups attached to an aromatic ring is 1. The number of halogens is 1. The molecule has 0 aromatic carbocycles. The number of hydrogen-bond donors (Lipinski definition) is 2. The number of hydrazone groups is 1. The molecule has 0 atom stereocenters. The van der Waals surface area contributed by atoms with E-state index in [0.29, 0.717) is 5.76 Å². The Morgan fingerprint density at radius 1 is 1.53 bits per heavy atom. The van der Waals surface area contributed by atoms with E-state index in [-0.39, 0.29) is 11.5 Å². The van der Waals surface area contributed by atoms with Crippen molar-refractivity contribution < 1.29 is 13.8 Å². The lowest BCUT2D eigenvalue weighted by Crippen LogP contribution is -2.19. The summed E-state index contributed by atoms with van der Waals surface area (Å²) in [6, 6.07) is 3.48. The van der Waals surface area contributed by atoms with Crippen molar-refractivity contribution in [3.63, 3.8) is 0 Å². The van der Waals surface area contributed by atoms with Crippen molar-refractivity contribution in [2.75, 3.05) is 5.73 Å². The fourth-order valence-electron chi connectivity index (χ4n) is 0.958. The Balaban J connectivity index is 1.97. The van der Waals surface area contributed by atoms with Gasteiger partial charge in [0.05, 0.1) is 6.21 Å². The fourth-order valence-corrected chi connectivity index (χ4v) is 1.39. The first-order valence-corrected chi connectivity index (χ1v) is 5.41. The highest BCUT2D eigenvalue weighted by atomic mass is 127. The lowest BCUT2D eigenvalue weighted by atomic mass is 10.4. The van der Waals surface area contributed by atoms with Crippen molar-refractivity contribution in [3.8, 4) is 0 Å². The highest BCUT2D eigenvalue weighted by molar-refractivity contribution is 14.1. The van der Waals surface area contributed by atoms with Crippen LogP contribution in [0.3, 0.4) is 0 Å². The normalized spacial score (nSPS) is 10.9. The van der Waals surface area contributed by atoms with Crippen LogP contribution in [-0.4, -0.2) is 22.4 Å². The van der Waals surface area contributed by atoms with E-state index >= 15 is 0 Å². The Morgan fingerprint density at radius 3 is 2.94 bits per heavy atom. The number of carbonyl (C=O) groups is 1. The number of rotatable bonds is 3. The minimum atomic E-state index is -0.610. The Kier molecular flexibility index (Phi) is 3.37. The molecule has 0 radical (unpaired) electrons. The van der Waals surface area contributed by atoms with Crippen LogP contribution in [0.4, 0.5) is 5.82 Å². The number of carbonyl (C=O) groups excluding carboxylic acids is 1. The molecule has 0 aliphatic rings. The molecule has 8 nitrogen and oxygen atoms in total. The zero-order valence-electron chi connectivity index (χ0n) is 8.25. The van der Waals surface area contributed by atoms with E-state index in [4.69, 9.17) is 10.2 Å². The van der Waals surface area contributed by atoms with Crippen LogP contribution in [0.5, 0.6) is 0 Å². The average Bonchev–Trinajstić information content (AvgIpc) is 2.87. The summed E-state index contributed by atoms with van der Waals surface area (Å²) in [7, 11) is 0. The summed E-state index contributed by atoms with van der Waals surface area (Å²) < 4.78 is 10.2. The molecule has 2 heterocycles. The predicted octanol–water partition coefficient (Wildman–Crippen LogP) is 0.613. The summed E-state index contributed by atoms with van der Waals surface area (Å²) in [5.41, 5.74) is 7.42. The quantitative estimate of drug-likeness (QED) is 0.477. The van der Waals surface area contributed by atoms with E-state index in [0.717, 1.165) is 3.77 Å². The maximum atomic E-state index is 11.4. The molecule has 0 spiro atoms. The van der Waals surface area contributed by atoms with Gasteiger partial charge in [0.25, 0.3) is 5.91 Å². The van der Waals surface area contributed by atoms with E-state index in [1.165, 1.54) is 6.21 Å². The summed E-state index contributed by atoms with van der Waals surface area (Å²) in [6.07, 6.45) is 1.35. The maximum Gasteiger partial charge on any atom is 0.297 e. The molecule has 0 bridgehead atoms. The van der Waals surface area contributed by atoms with Gasteiger partial charge in [0.2, 0.25) is 11.5 Å². The summed E-state index contributed by atoms with van der Waals surface area (Å²) in [5, 5.41) is 10.3. The lowest BCUT2D eigenvalue weighted by molar-refractivity contribution is 0.0946. The second-order valence-corrected chi connectivity index (χ2v) is 3.90. The molecule has 3 N–H and O–H groups in total. The molecule has 0 saturated carbocycles. The lowest BCUT2D eigenvalue weighted by Gasteiger charge is -1.93. The number of anilines is 1. The van der Waals surface area contributed by atoms with Crippen LogP contribution in [0.15, 0.2) is 26.3 Å². The molecule has 2 aromatic rings. The number of nitrogens with two attached hydrogens (primary N) is 1. The number of nitrogens with zero attached hydrogens (tertiary/aromatic N) is 3. The third-order valence-corrected chi connectivity index (χ3v) is 2.26. The SMILES string of the molecule is Nc1nonc1C(=O)NN=Cc1ccc(I)o1. The maximum absolute atomic E-state index is 11.4. The van der Waals surface area contributed by atoms with Crippen LogP contribution in [0.2, 0.25) is 0 Å². The van der Waals surface area contributed by atoms with Crippen molar-refractivity contribution in [2.24, 2.45) is 5.10 Å². The van der Waals surface area contributed by atoms with Gasteiger partial charge in [0.15, 0.2) is 3.77 Å². The van der Waals surface area contributed by atoms with E-state index in [1.54, 1.807) is 12.1 Å². The van der Waals surface area contributed by atoms with Crippen LogP contribution >= 0.6 is 22.6 Å². The van der Waals surface area contributed by atoms with Crippen molar-refractivity contribution in [1.82, 2.24) is 15.7 Å². The Labute approximate surface area is 108 Å².